The molecular weight excluding hydrogens is 310 g/mol. The Morgan fingerprint density at radius 3 is 2.32 bits per heavy atom. The number of pyridine rings is 1. The highest BCUT2D eigenvalue weighted by molar-refractivity contribution is 6.03. The van der Waals surface area contributed by atoms with Crippen molar-refractivity contribution in [3.63, 3.8) is 0 Å². The zero-order chi connectivity index (χ0) is 17.8. The van der Waals surface area contributed by atoms with Crippen LogP contribution in [0.1, 0.15) is 21.5 Å². The number of nitrogens with zero attached hydrogens (tertiary/aromatic N) is 2. The van der Waals surface area contributed by atoms with Crippen LogP contribution in [0, 0.1) is 13.8 Å². The lowest BCUT2D eigenvalue weighted by atomic mass is 10.1. The summed E-state index contributed by atoms with van der Waals surface area (Å²) in [7, 11) is 1.99. The van der Waals surface area contributed by atoms with Gasteiger partial charge >= 0.3 is 0 Å². The molecule has 0 aliphatic rings. The second-order valence-electron chi connectivity index (χ2n) is 6.05. The molecule has 1 N–H and O–H groups in total. The second kappa shape index (κ2) is 7.18. The molecule has 0 saturated carbocycles. The summed E-state index contributed by atoms with van der Waals surface area (Å²) in [5.41, 5.74) is 4.94. The van der Waals surface area contributed by atoms with Crippen molar-refractivity contribution in [1.29, 1.82) is 0 Å². The molecule has 4 heteroatoms. The van der Waals surface area contributed by atoms with Gasteiger partial charge in [-0.25, -0.2) is 4.98 Å². The number of aromatic nitrogens is 1. The molecule has 1 amide bonds. The number of benzene rings is 2. The first kappa shape index (κ1) is 16.7. The molecule has 4 nitrogen and oxygen atoms in total. The normalized spacial score (nSPS) is 10.4. The topological polar surface area (TPSA) is 45.2 Å². The highest BCUT2D eigenvalue weighted by Gasteiger charge is 2.09. The van der Waals surface area contributed by atoms with E-state index in [1.807, 2.05) is 86.5 Å². The van der Waals surface area contributed by atoms with E-state index in [4.69, 9.17) is 0 Å². The lowest BCUT2D eigenvalue weighted by molar-refractivity contribution is 0.102. The van der Waals surface area contributed by atoms with Gasteiger partial charge in [0.2, 0.25) is 0 Å². The van der Waals surface area contributed by atoms with E-state index < -0.39 is 0 Å². The van der Waals surface area contributed by atoms with Gasteiger partial charge in [-0.05, 0) is 61.4 Å². The Kier molecular flexibility index (Phi) is 4.80. The van der Waals surface area contributed by atoms with Crippen LogP contribution in [-0.2, 0) is 0 Å². The highest BCUT2D eigenvalue weighted by Crippen LogP contribution is 2.23. The number of anilines is 3. The summed E-state index contributed by atoms with van der Waals surface area (Å²) in [4.78, 5) is 18.8. The molecule has 1 heterocycles. The number of aryl methyl sites for hydroxylation is 2. The van der Waals surface area contributed by atoms with E-state index in [2.05, 4.69) is 10.3 Å². The average molecular weight is 331 g/mol. The average Bonchev–Trinajstić information content (AvgIpc) is 2.64. The van der Waals surface area contributed by atoms with E-state index >= 15 is 0 Å². The van der Waals surface area contributed by atoms with Gasteiger partial charge < -0.3 is 10.2 Å². The van der Waals surface area contributed by atoms with Crippen molar-refractivity contribution in [2.24, 2.45) is 0 Å². The number of hydrogen-bond acceptors (Lipinski definition) is 3. The maximum atomic E-state index is 12.4. The smallest absolute Gasteiger partial charge is 0.256 e. The van der Waals surface area contributed by atoms with E-state index in [1.54, 1.807) is 6.20 Å². The number of rotatable bonds is 4. The van der Waals surface area contributed by atoms with Gasteiger partial charge in [0.05, 0.1) is 11.9 Å². The summed E-state index contributed by atoms with van der Waals surface area (Å²) in [6.07, 6.45) is 1.75. The van der Waals surface area contributed by atoms with Gasteiger partial charge in [0, 0.05) is 18.3 Å². The number of amides is 1. The summed E-state index contributed by atoms with van der Waals surface area (Å²) >= 11 is 0. The van der Waals surface area contributed by atoms with Crippen LogP contribution in [0.3, 0.4) is 0 Å². The maximum absolute atomic E-state index is 12.4. The molecule has 0 fully saturated rings. The van der Waals surface area contributed by atoms with Crippen LogP contribution in [0.25, 0.3) is 0 Å². The predicted molar refractivity (Wildman–Crippen MR) is 103 cm³/mol. The fourth-order valence-electron chi connectivity index (χ4n) is 2.53. The Labute approximate surface area is 148 Å². The van der Waals surface area contributed by atoms with E-state index in [1.165, 1.54) is 5.56 Å². The lowest BCUT2D eigenvalue weighted by Gasteiger charge is -2.19. The van der Waals surface area contributed by atoms with Crippen LogP contribution in [0.5, 0.6) is 0 Å². The van der Waals surface area contributed by atoms with Crippen molar-refractivity contribution in [2.75, 3.05) is 17.3 Å². The largest absolute Gasteiger partial charge is 0.343 e. The van der Waals surface area contributed by atoms with Crippen LogP contribution < -0.4 is 10.2 Å². The molecule has 126 valence electrons. The molecule has 0 radical (unpaired) electrons. The van der Waals surface area contributed by atoms with Crippen LogP contribution in [0.2, 0.25) is 0 Å². The summed E-state index contributed by atoms with van der Waals surface area (Å²) in [6.45, 7) is 4.03. The molecule has 0 saturated heterocycles. The molecule has 0 spiro atoms. The molecule has 0 atom stereocenters. The Hall–Kier alpha value is -3.14. The van der Waals surface area contributed by atoms with Crippen molar-refractivity contribution < 1.29 is 4.79 Å². The third-order valence-corrected chi connectivity index (χ3v) is 4.29. The van der Waals surface area contributed by atoms with Gasteiger partial charge in [-0.2, -0.15) is 0 Å². The quantitative estimate of drug-likeness (QED) is 0.752. The third-order valence-electron chi connectivity index (χ3n) is 4.29. The molecule has 0 bridgehead atoms. The molecule has 25 heavy (non-hydrogen) atoms. The van der Waals surface area contributed by atoms with Crippen molar-refractivity contribution in [3.8, 4) is 0 Å². The lowest BCUT2D eigenvalue weighted by Crippen LogP contribution is -2.14. The number of nitrogens with one attached hydrogen (secondary N) is 1. The Morgan fingerprint density at radius 1 is 0.920 bits per heavy atom. The SMILES string of the molecule is Cc1ccc(C(=O)Nc2ccc(N(C)c3ccccc3)cn2)cc1C. The van der Waals surface area contributed by atoms with E-state index in [0.29, 0.717) is 11.4 Å². The van der Waals surface area contributed by atoms with Gasteiger partial charge in [0.15, 0.2) is 0 Å². The number of carbonyl (C=O) groups excluding carboxylic acids is 1. The van der Waals surface area contributed by atoms with E-state index in [0.717, 1.165) is 16.9 Å². The number of carbonyl (C=O) groups is 1. The molecule has 2 aromatic carbocycles. The predicted octanol–water partition coefficient (Wildman–Crippen LogP) is 4.72. The minimum Gasteiger partial charge on any atom is -0.343 e. The Morgan fingerprint density at radius 2 is 1.68 bits per heavy atom. The first-order chi connectivity index (χ1) is 12.0. The molecular formula is C21H21N3O. The molecule has 0 aliphatic carbocycles. The zero-order valence-electron chi connectivity index (χ0n) is 14.7. The number of hydrogen-bond donors (Lipinski definition) is 1. The Balaban J connectivity index is 1.72. The van der Waals surface area contributed by atoms with Crippen molar-refractivity contribution in [2.45, 2.75) is 13.8 Å². The van der Waals surface area contributed by atoms with Gasteiger partial charge in [-0.3, -0.25) is 4.79 Å². The summed E-state index contributed by atoms with van der Waals surface area (Å²) in [5.74, 6) is 0.383. The summed E-state index contributed by atoms with van der Waals surface area (Å²) < 4.78 is 0. The molecule has 0 unspecified atom stereocenters. The molecule has 0 aliphatic heterocycles. The second-order valence-corrected chi connectivity index (χ2v) is 6.05. The van der Waals surface area contributed by atoms with Crippen LogP contribution in [-0.4, -0.2) is 17.9 Å². The first-order valence-electron chi connectivity index (χ1n) is 8.18. The molecule has 3 rings (SSSR count). The van der Waals surface area contributed by atoms with Crippen LogP contribution >= 0.6 is 0 Å². The zero-order valence-corrected chi connectivity index (χ0v) is 14.7. The van der Waals surface area contributed by atoms with E-state index in [9.17, 15) is 4.79 Å². The van der Waals surface area contributed by atoms with Gasteiger partial charge in [-0.1, -0.05) is 24.3 Å². The fraction of sp³-hybridized carbons (Fsp3) is 0.143. The van der Waals surface area contributed by atoms with Gasteiger partial charge in [0.25, 0.3) is 5.91 Å². The van der Waals surface area contributed by atoms with E-state index in [-0.39, 0.29) is 5.91 Å². The maximum Gasteiger partial charge on any atom is 0.256 e. The van der Waals surface area contributed by atoms with Crippen molar-refractivity contribution >= 4 is 23.1 Å². The summed E-state index contributed by atoms with van der Waals surface area (Å²) in [5, 5.41) is 2.84. The van der Waals surface area contributed by atoms with Crippen molar-refractivity contribution in [1.82, 2.24) is 4.98 Å². The van der Waals surface area contributed by atoms with Gasteiger partial charge in [0.1, 0.15) is 5.82 Å². The molecule has 3 aromatic rings. The third kappa shape index (κ3) is 3.86. The first-order valence-corrected chi connectivity index (χ1v) is 8.18. The standard InChI is InChI=1S/C21H21N3O/c1-15-9-10-17(13-16(15)2)21(25)23-20-12-11-19(14-22-20)24(3)18-7-5-4-6-8-18/h4-14H,1-3H3,(H,22,23,25). The minimum atomic E-state index is -0.153. The van der Waals surface area contributed by atoms with Gasteiger partial charge in [-0.15, -0.1) is 0 Å². The minimum absolute atomic E-state index is 0.153. The monoisotopic (exact) mass is 331 g/mol. The summed E-state index contributed by atoms with van der Waals surface area (Å²) in [6, 6.07) is 19.5. The highest BCUT2D eigenvalue weighted by atomic mass is 16.1. The van der Waals surface area contributed by atoms with Crippen LogP contribution in [0.15, 0.2) is 66.9 Å². The Bertz CT molecular complexity index is 873. The fourth-order valence-corrected chi connectivity index (χ4v) is 2.53. The molecule has 1 aromatic heterocycles. The number of para-hydroxylation sites is 1. The van der Waals surface area contributed by atoms with Crippen molar-refractivity contribution in [3.05, 3.63) is 83.6 Å². The van der Waals surface area contributed by atoms with Crippen LogP contribution in [0.4, 0.5) is 17.2 Å².